The fourth-order valence-electron chi connectivity index (χ4n) is 3.51. The molecule has 1 saturated carbocycles. The van der Waals surface area contributed by atoms with Crippen LogP contribution in [0.25, 0.3) is 0 Å². The van der Waals surface area contributed by atoms with Crippen molar-refractivity contribution in [2.45, 2.75) is 44.4 Å². The lowest BCUT2D eigenvalue weighted by atomic mass is 9.76. The summed E-state index contributed by atoms with van der Waals surface area (Å²) in [5.74, 6) is 2.49. The fraction of sp³-hybridized carbons (Fsp3) is 0.667. The van der Waals surface area contributed by atoms with Crippen molar-refractivity contribution in [1.82, 2.24) is 4.90 Å². The third-order valence-corrected chi connectivity index (χ3v) is 5.09. The zero-order chi connectivity index (χ0) is 14.4. The highest BCUT2D eigenvalue weighted by Gasteiger charge is 2.25. The van der Waals surface area contributed by atoms with Crippen LogP contribution in [0.5, 0.6) is 0 Å². The van der Waals surface area contributed by atoms with Gasteiger partial charge in [0, 0.05) is 6.54 Å². The molecule has 2 heteroatoms. The van der Waals surface area contributed by atoms with E-state index in [0.29, 0.717) is 5.92 Å². The van der Waals surface area contributed by atoms with Crippen molar-refractivity contribution in [2.75, 3.05) is 26.4 Å². The normalized spacial score (nSPS) is 18.4. The van der Waals surface area contributed by atoms with E-state index in [1.54, 1.807) is 5.56 Å². The Labute approximate surface area is 130 Å². The molecule has 1 aliphatic carbocycles. The molecular formula is C18H29NS. The van der Waals surface area contributed by atoms with Crippen LogP contribution in [0.2, 0.25) is 0 Å². The summed E-state index contributed by atoms with van der Waals surface area (Å²) in [6, 6.07) is 9.05. The Kier molecular flexibility index (Phi) is 6.44. The zero-order valence-electron chi connectivity index (χ0n) is 13.0. The van der Waals surface area contributed by atoms with Crippen molar-refractivity contribution in [1.29, 1.82) is 0 Å². The average molecular weight is 292 g/mol. The van der Waals surface area contributed by atoms with Crippen molar-refractivity contribution in [3.8, 4) is 0 Å². The lowest BCUT2D eigenvalue weighted by Gasteiger charge is -2.31. The highest BCUT2D eigenvalue weighted by molar-refractivity contribution is 7.80. The lowest BCUT2D eigenvalue weighted by molar-refractivity contribution is 0.317. The molecule has 0 aliphatic heterocycles. The van der Waals surface area contributed by atoms with E-state index in [4.69, 9.17) is 0 Å². The summed E-state index contributed by atoms with van der Waals surface area (Å²) in [7, 11) is 4.31. The molecule has 1 aromatic rings. The van der Waals surface area contributed by atoms with Gasteiger partial charge in [0.15, 0.2) is 0 Å². The van der Waals surface area contributed by atoms with E-state index in [2.05, 4.69) is 55.9 Å². The van der Waals surface area contributed by atoms with Crippen LogP contribution >= 0.6 is 12.6 Å². The maximum absolute atomic E-state index is 4.68. The van der Waals surface area contributed by atoms with E-state index < -0.39 is 0 Å². The van der Waals surface area contributed by atoms with Crippen molar-refractivity contribution in [2.24, 2.45) is 5.92 Å². The molecular weight excluding hydrogens is 262 g/mol. The van der Waals surface area contributed by atoms with Gasteiger partial charge in [0.25, 0.3) is 0 Å². The van der Waals surface area contributed by atoms with Crippen LogP contribution in [0.3, 0.4) is 0 Å². The molecule has 20 heavy (non-hydrogen) atoms. The average Bonchev–Trinajstić information content (AvgIpc) is 2.48. The Morgan fingerprint density at radius 3 is 2.50 bits per heavy atom. The molecule has 1 nitrogen and oxygen atoms in total. The van der Waals surface area contributed by atoms with E-state index in [1.165, 1.54) is 37.7 Å². The van der Waals surface area contributed by atoms with Gasteiger partial charge in [-0.15, -0.1) is 0 Å². The van der Waals surface area contributed by atoms with Gasteiger partial charge in [0.1, 0.15) is 0 Å². The van der Waals surface area contributed by atoms with E-state index >= 15 is 0 Å². The second-order valence-electron chi connectivity index (χ2n) is 6.44. The minimum Gasteiger partial charge on any atom is -0.309 e. The maximum Gasteiger partial charge on any atom is 0.00158 e. The molecule has 0 bridgehead atoms. The van der Waals surface area contributed by atoms with Crippen molar-refractivity contribution < 1.29 is 0 Å². The molecule has 0 radical (unpaired) electrons. The van der Waals surface area contributed by atoms with E-state index in [0.717, 1.165) is 24.6 Å². The molecule has 0 amide bonds. The lowest BCUT2D eigenvalue weighted by Crippen LogP contribution is -2.21. The minimum absolute atomic E-state index is 0.650. The Morgan fingerprint density at radius 2 is 1.85 bits per heavy atom. The molecule has 0 aromatic heterocycles. The molecule has 0 heterocycles. The molecule has 0 saturated heterocycles. The smallest absolute Gasteiger partial charge is 0.00158 e. The van der Waals surface area contributed by atoms with Gasteiger partial charge < -0.3 is 4.90 Å². The maximum atomic E-state index is 4.68. The number of likely N-dealkylation sites (N-methyl/N-ethyl adjacent to an activating group) is 1. The summed E-state index contributed by atoms with van der Waals surface area (Å²) in [5.41, 5.74) is 3.10. The fourth-order valence-corrected chi connectivity index (χ4v) is 4.00. The highest BCUT2D eigenvalue weighted by atomic mass is 32.1. The van der Waals surface area contributed by atoms with E-state index in [1.807, 2.05) is 0 Å². The van der Waals surface area contributed by atoms with Gasteiger partial charge in [0.05, 0.1) is 0 Å². The van der Waals surface area contributed by atoms with E-state index in [-0.39, 0.29) is 0 Å². The first-order valence-corrected chi connectivity index (χ1v) is 8.69. The predicted molar refractivity (Wildman–Crippen MR) is 91.9 cm³/mol. The first kappa shape index (κ1) is 15.9. The molecule has 1 aliphatic rings. The zero-order valence-corrected chi connectivity index (χ0v) is 13.9. The van der Waals surface area contributed by atoms with Gasteiger partial charge in [-0.2, -0.15) is 12.6 Å². The number of nitrogens with zero attached hydrogens (tertiary/aromatic N) is 1. The molecule has 1 atom stereocenters. The Balaban J connectivity index is 2.15. The Morgan fingerprint density at radius 1 is 1.15 bits per heavy atom. The summed E-state index contributed by atoms with van der Waals surface area (Å²) in [4.78, 5) is 2.27. The topological polar surface area (TPSA) is 3.24 Å². The molecule has 112 valence electrons. The van der Waals surface area contributed by atoms with Gasteiger partial charge in [0.2, 0.25) is 0 Å². The molecule has 0 unspecified atom stereocenters. The van der Waals surface area contributed by atoms with Crippen LogP contribution in [0.1, 0.15) is 49.1 Å². The Bertz CT molecular complexity index is 396. The van der Waals surface area contributed by atoms with Gasteiger partial charge in [-0.25, -0.2) is 0 Å². The third kappa shape index (κ3) is 4.26. The summed E-state index contributed by atoms with van der Waals surface area (Å²) < 4.78 is 0. The van der Waals surface area contributed by atoms with Crippen molar-refractivity contribution >= 4 is 12.6 Å². The van der Waals surface area contributed by atoms with Gasteiger partial charge in [-0.05, 0) is 62.1 Å². The SMILES string of the molecule is CN(C)CCc1ccccc1[C@H](CS)C1CCCCC1. The first-order chi connectivity index (χ1) is 9.72. The van der Waals surface area contributed by atoms with Crippen LogP contribution < -0.4 is 0 Å². The summed E-state index contributed by atoms with van der Waals surface area (Å²) in [5, 5.41) is 0. The monoisotopic (exact) mass is 291 g/mol. The van der Waals surface area contributed by atoms with Gasteiger partial charge in [-0.1, -0.05) is 43.5 Å². The van der Waals surface area contributed by atoms with Crippen LogP contribution in [0.15, 0.2) is 24.3 Å². The second kappa shape index (κ2) is 8.09. The number of hydrogen-bond acceptors (Lipinski definition) is 2. The van der Waals surface area contributed by atoms with Crippen molar-refractivity contribution in [3.05, 3.63) is 35.4 Å². The second-order valence-corrected chi connectivity index (χ2v) is 6.80. The number of thiol groups is 1. The molecule has 1 fully saturated rings. The van der Waals surface area contributed by atoms with Crippen molar-refractivity contribution in [3.63, 3.8) is 0 Å². The van der Waals surface area contributed by atoms with Gasteiger partial charge >= 0.3 is 0 Å². The van der Waals surface area contributed by atoms with Gasteiger partial charge in [-0.3, -0.25) is 0 Å². The van der Waals surface area contributed by atoms with Crippen LogP contribution in [-0.2, 0) is 6.42 Å². The Hall–Kier alpha value is -0.470. The number of benzene rings is 1. The molecule has 0 spiro atoms. The van der Waals surface area contributed by atoms with Crippen LogP contribution in [-0.4, -0.2) is 31.3 Å². The van der Waals surface area contributed by atoms with E-state index in [9.17, 15) is 0 Å². The third-order valence-electron chi connectivity index (χ3n) is 4.70. The minimum atomic E-state index is 0.650. The summed E-state index contributed by atoms with van der Waals surface area (Å²) in [6.07, 6.45) is 8.20. The highest BCUT2D eigenvalue weighted by Crippen LogP contribution is 2.38. The summed E-state index contributed by atoms with van der Waals surface area (Å²) in [6.45, 7) is 1.13. The number of hydrogen-bond donors (Lipinski definition) is 1. The largest absolute Gasteiger partial charge is 0.309 e. The first-order valence-electron chi connectivity index (χ1n) is 8.05. The predicted octanol–water partition coefficient (Wildman–Crippen LogP) is 4.38. The number of rotatable bonds is 6. The standard InChI is InChI=1S/C18H29NS/c1-19(2)13-12-16-10-6-7-11-17(16)18(14-20)15-8-4-3-5-9-15/h6-7,10-11,15,18,20H,3-5,8-9,12-14H2,1-2H3/t18-/m1/s1. The molecule has 0 N–H and O–H groups in total. The molecule has 1 aromatic carbocycles. The molecule has 2 rings (SSSR count). The van der Waals surface area contributed by atoms with Crippen LogP contribution in [0.4, 0.5) is 0 Å². The quantitative estimate of drug-likeness (QED) is 0.761. The summed E-state index contributed by atoms with van der Waals surface area (Å²) >= 11 is 4.68. The van der Waals surface area contributed by atoms with Crippen LogP contribution in [0, 0.1) is 5.92 Å².